The lowest BCUT2D eigenvalue weighted by atomic mass is 10.1. The highest BCUT2D eigenvalue weighted by atomic mass is 16.5. The van der Waals surface area contributed by atoms with Gasteiger partial charge in [-0.2, -0.15) is 0 Å². The molecule has 0 aliphatic heterocycles. The normalized spacial score (nSPS) is 11.4. The number of pyridine rings is 1. The lowest BCUT2D eigenvalue weighted by Gasteiger charge is -2.11. The fourth-order valence-electron chi connectivity index (χ4n) is 1.90. The molecule has 0 spiro atoms. The van der Waals surface area contributed by atoms with Crippen LogP contribution in [0.15, 0.2) is 29.1 Å². The van der Waals surface area contributed by atoms with Gasteiger partial charge in [0.05, 0.1) is 6.10 Å². The van der Waals surface area contributed by atoms with Crippen LogP contribution in [0.2, 0.25) is 0 Å². The first-order chi connectivity index (χ1) is 8.47. The van der Waals surface area contributed by atoms with Gasteiger partial charge in [-0.05, 0) is 38.0 Å². The molecule has 2 aromatic rings. The highest BCUT2D eigenvalue weighted by Crippen LogP contribution is 2.20. The summed E-state index contributed by atoms with van der Waals surface area (Å²) in [5.41, 5.74) is 1.87. The van der Waals surface area contributed by atoms with Crippen molar-refractivity contribution in [3.05, 3.63) is 40.2 Å². The fourth-order valence-corrected chi connectivity index (χ4v) is 1.90. The van der Waals surface area contributed by atoms with E-state index in [1.54, 1.807) is 12.1 Å². The second kappa shape index (κ2) is 4.84. The van der Waals surface area contributed by atoms with E-state index in [0.717, 1.165) is 17.0 Å². The average Bonchev–Trinajstić information content (AvgIpc) is 2.28. The van der Waals surface area contributed by atoms with E-state index in [1.807, 2.05) is 26.0 Å². The molecular weight excluding hydrogens is 226 g/mol. The van der Waals surface area contributed by atoms with Gasteiger partial charge in [0.2, 0.25) is 0 Å². The number of fused-ring (bicyclic) bond motifs is 1. The number of ether oxygens (including phenoxy) is 1. The topological polar surface area (TPSA) is 42.1 Å². The van der Waals surface area contributed by atoms with Crippen molar-refractivity contribution in [3.8, 4) is 5.75 Å². The van der Waals surface area contributed by atoms with Crippen molar-refractivity contribution in [2.24, 2.45) is 0 Å². The molecule has 2 rings (SSSR count). The average molecular weight is 245 g/mol. The van der Waals surface area contributed by atoms with Gasteiger partial charge in [0.1, 0.15) is 5.75 Å². The van der Waals surface area contributed by atoms with Crippen molar-refractivity contribution in [1.29, 1.82) is 0 Å². The van der Waals surface area contributed by atoms with Crippen molar-refractivity contribution >= 4 is 10.9 Å². The van der Waals surface area contributed by atoms with Gasteiger partial charge in [0, 0.05) is 22.7 Å². The van der Waals surface area contributed by atoms with E-state index in [9.17, 15) is 4.79 Å². The van der Waals surface area contributed by atoms with Crippen LogP contribution in [0.25, 0.3) is 10.9 Å². The molecule has 1 heterocycles. The van der Waals surface area contributed by atoms with E-state index in [4.69, 9.17) is 4.74 Å². The zero-order valence-corrected chi connectivity index (χ0v) is 11.3. The maximum Gasteiger partial charge on any atom is 0.189 e. The first-order valence-electron chi connectivity index (χ1n) is 6.31. The SMILES string of the molecule is CC(C)Oc1ccc2[nH]c(C(C)C)cc(=O)c2c1. The Kier molecular flexibility index (Phi) is 3.41. The van der Waals surface area contributed by atoms with Gasteiger partial charge in [-0.1, -0.05) is 13.8 Å². The monoisotopic (exact) mass is 245 g/mol. The molecule has 96 valence electrons. The number of hydrogen-bond acceptors (Lipinski definition) is 2. The third-order valence-corrected chi connectivity index (χ3v) is 2.82. The van der Waals surface area contributed by atoms with Crippen LogP contribution < -0.4 is 10.2 Å². The highest BCUT2D eigenvalue weighted by molar-refractivity contribution is 5.80. The molecule has 0 bridgehead atoms. The minimum Gasteiger partial charge on any atom is -0.491 e. The summed E-state index contributed by atoms with van der Waals surface area (Å²) in [6.45, 7) is 8.06. The maximum absolute atomic E-state index is 12.1. The number of nitrogens with one attached hydrogen (secondary N) is 1. The molecule has 0 saturated heterocycles. The van der Waals surface area contributed by atoms with E-state index in [2.05, 4.69) is 18.8 Å². The van der Waals surface area contributed by atoms with Crippen molar-refractivity contribution in [3.63, 3.8) is 0 Å². The van der Waals surface area contributed by atoms with Crippen LogP contribution in [0.3, 0.4) is 0 Å². The highest BCUT2D eigenvalue weighted by Gasteiger charge is 2.07. The largest absolute Gasteiger partial charge is 0.491 e. The Morgan fingerprint density at radius 2 is 1.83 bits per heavy atom. The first-order valence-corrected chi connectivity index (χ1v) is 6.31. The van der Waals surface area contributed by atoms with E-state index < -0.39 is 0 Å². The molecule has 0 radical (unpaired) electrons. The number of aromatic amines is 1. The standard InChI is InChI=1S/C15H19NO2/c1-9(2)14-8-15(17)12-7-11(18-10(3)4)5-6-13(12)16-14/h5-10H,1-4H3,(H,16,17). The third kappa shape index (κ3) is 2.55. The number of rotatable bonds is 3. The molecule has 3 heteroatoms. The van der Waals surface area contributed by atoms with Gasteiger partial charge < -0.3 is 9.72 Å². The van der Waals surface area contributed by atoms with Crippen molar-refractivity contribution in [1.82, 2.24) is 4.98 Å². The molecule has 0 atom stereocenters. The summed E-state index contributed by atoms with van der Waals surface area (Å²) in [5, 5.41) is 0.678. The zero-order chi connectivity index (χ0) is 13.3. The van der Waals surface area contributed by atoms with Crippen LogP contribution in [0.4, 0.5) is 0 Å². The number of hydrogen-bond donors (Lipinski definition) is 1. The Bertz CT molecular complexity index is 611. The zero-order valence-electron chi connectivity index (χ0n) is 11.3. The number of aromatic nitrogens is 1. The molecule has 1 aromatic heterocycles. The van der Waals surface area contributed by atoms with Crippen molar-refractivity contribution in [2.75, 3.05) is 0 Å². The molecule has 0 aliphatic carbocycles. The van der Waals surface area contributed by atoms with Crippen LogP contribution in [0.1, 0.15) is 39.3 Å². The Balaban J connectivity index is 2.55. The summed E-state index contributed by atoms with van der Waals surface area (Å²) in [6, 6.07) is 7.27. The quantitative estimate of drug-likeness (QED) is 0.900. The van der Waals surface area contributed by atoms with Crippen LogP contribution in [0, 0.1) is 0 Å². The summed E-state index contributed by atoms with van der Waals surface area (Å²) in [7, 11) is 0. The molecule has 0 unspecified atom stereocenters. The summed E-state index contributed by atoms with van der Waals surface area (Å²) in [6.07, 6.45) is 0.108. The van der Waals surface area contributed by atoms with Gasteiger partial charge in [-0.25, -0.2) is 0 Å². The molecule has 1 N–H and O–H groups in total. The molecule has 1 aromatic carbocycles. The summed E-state index contributed by atoms with van der Waals surface area (Å²) in [4.78, 5) is 15.4. The minimum atomic E-state index is 0.0432. The Hall–Kier alpha value is -1.77. The van der Waals surface area contributed by atoms with Gasteiger partial charge >= 0.3 is 0 Å². The predicted octanol–water partition coefficient (Wildman–Crippen LogP) is 3.44. The van der Waals surface area contributed by atoms with E-state index >= 15 is 0 Å². The smallest absolute Gasteiger partial charge is 0.189 e. The minimum absolute atomic E-state index is 0.0432. The van der Waals surface area contributed by atoms with Crippen LogP contribution in [0.5, 0.6) is 5.75 Å². The van der Waals surface area contributed by atoms with Crippen LogP contribution in [-0.2, 0) is 0 Å². The molecule has 0 aliphatic rings. The molecular formula is C15H19NO2. The summed E-state index contributed by atoms with van der Waals surface area (Å²) < 4.78 is 5.60. The lowest BCUT2D eigenvalue weighted by molar-refractivity contribution is 0.243. The van der Waals surface area contributed by atoms with Crippen molar-refractivity contribution in [2.45, 2.75) is 39.7 Å². The fraction of sp³-hybridized carbons (Fsp3) is 0.400. The Morgan fingerprint density at radius 1 is 1.11 bits per heavy atom. The number of benzene rings is 1. The summed E-state index contributed by atoms with van der Waals surface area (Å²) in [5.74, 6) is 1.05. The van der Waals surface area contributed by atoms with Gasteiger partial charge in [-0.15, -0.1) is 0 Å². The van der Waals surface area contributed by atoms with E-state index in [0.29, 0.717) is 11.3 Å². The molecule has 0 fully saturated rings. The molecule has 0 saturated carbocycles. The van der Waals surface area contributed by atoms with Crippen molar-refractivity contribution < 1.29 is 4.74 Å². The van der Waals surface area contributed by atoms with Crippen LogP contribution in [-0.4, -0.2) is 11.1 Å². The van der Waals surface area contributed by atoms with Gasteiger partial charge in [0.25, 0.3) is 0 Å². The second-order valence-corrected chi connectivity index (χ2v) is 5.12. The number of H-pyrrole nitrogens is 1. The Labute approximate surface area is 107 Å². The second-order valence-electron chi connectivity index (χ2n) is 5.12. The Morgan fingerprint density at radius 3 is 2.44 bits per heavy atom. The van der Waals surface area contributed by atoms with Gasteiger partial charge in [-0.3, -0.25) is 4.79 Å². The van der Waals surface area contributed by atoms with Gasteiger partial charge in [0.15, 0.2) is 5.43 Å². The maximum atomic E-state index is 12.1. The molecule has 0 amide bonds. The van der Waals surface area contributed by atoms with E-state index in [1.165, 1.54) is 0 Å². The third-order valence-electron chi connectivity index (χ3n) is 2.82. The molecule has 3 nitrogen and oxygen atoms in total. The first kappa shape index (κ1) is 12.7. The lowest BCUT2D eigenvalue weighted by Crippen LogP contribution is -2.08. The van der Waals surface area contributed by atoms with Crippen LogP contribution >= 0.6 is 0 Å². The summed E-state index contributed by atoms with van der Waals surface area (Å²) >= 11 is 0. The van der Waals surface area contributed by atoms with E-state index in [-0.39, 0.29) is 11.5 Å². The predicted molar refractivity (Wildman–Crippen MR) is 74.4 cm³/mol. The molecule has 18 heavy (non-hydrogen) atoms.